The van der Waals surface area contributed by atoms with E-state index >= 15 is 0 Å². The third-order valence-corrected chi connectivity index (χ3v) is 4.04. The number of hydrogen-bond acceptors (Lipinski definition) is 2. The number of nitrogens with one attached hydrogen (secondary N) is 1. The Morgan fingerprint density at radius 1 is 0.957 bits per heavy atom. The molecule has 0 radical (unpaired) electrons. The van der Waals surface area contributed by atoms with Gasteiger partial charge in [0.1, 0.15) is 0 Å². The molecule has 0 aromatic heterocycles. The fraction of sp³-hybridized carbons (Fsp3) is 0.789. The molecule has 0 fully saturated rings. The second-order valence-corrected chi connectivity index (χ2v) is 7.45. The monoisotopic (exact) mass is 324 g/mol. The van der Waals surface area contributed by atoms with Gasteiger partial charge in [0.05, 0.1) is 0 Å². The third-order valence-electron chi connectivity index (χ3n) is 4.04. The lowest BCUT2D eigenvalue weighted by Gasteiger charge is -2.18. The van der Waals surface area contributed by atoms with E-state index in [-0.39, 0.29) is 11.8 Å². The Hall–Kier alpha value is -1.32. The molecule has 23 heavy (non-hydrogen) atoms. The van der Waals surface area contributed by atoms with Crippen molar-refractivity contribution in [2.75, 3.05) is 20.6 Å². The fourth-order valence-electron chi connectivity index (χ4n) is 2.77. The van der Waals surface area contributed by atoms with Crippen LogP contribution >= 0.6 is 0 Å². The zero-order valence-electron chi connectivity index (χ0n) is 16.1. The Morgan fingerprint density at radius 2 is 1.43 bits per heavy atom. The molecule has 0 rings (SSSR count). The second kappa shape index (κ2) is 11.3. The molecular weight excluding hydrogens is 288 g/mol. The normalized spacial score (nSPS) is 16.7. The fourth-order valence-corrected chi connectivity index (χ4v) is 2.77. The Balaban J connectivity index is 4.12. The number of allylic oxidation sites excluding steroid dienone is 2. The lowest BCUT2D eigenvalue weighted by molar-refractivity contribution is -0.129. The van der Waals surface area contributed by atoms with Crippen LogP contribution in [0.1, 0.15) is 53.9 Å². The van der Waals surface area contributed by atoms with Gasteiger partial charge in [0, 0.05) is 34.0 Å². The maximum Gasteiger partial charge on any atom is 0.222 e. The van der Waals surface area contributed by atoms with Crippen molar-refractivity contribution in [1.82, 2.24) is 10.2 Å². The lowest BCUT2D eigenvalue weighted by Crippen LogP contribution is -2.26. The molecule has 0 spiro atoms. The van der Waals surface area contributed by atoms with Crippen molar-refractivity contribution in [3.8, 4) is 0 Å². The van der Waals surface area contributed by atoms with Gasteiger partial charge in [-0.25, -0.2) is 0 Å². The maximum atomic E-state index is 11.7. The molecule has 0 unspecified atom stereocenters. The summed E-state index contributed by atoms with van der Waals surface area (Å²) in [7, 11) is 3.62. The largest absolute Gasteiger partial charge is 0.356 e. The average molecular weight is 325 g/mol. The van der Waals surface area contributed by atoms with Crippen LogP contribution < -0.4 is 5.32 Å². The SMILES string of the molecule is CC(=O)NC[C@H](C)C[C@H](C)/C=C/[C@@H](C)C[C@@H](C)CC(=O)N(C)C. The minimum atomic E-state index is 0.0370. The van der Waals surface area contributed by atoms with Crippen LogP contribution in [-0.4, -0.2) is 37.4 Å². The van der Waals surface area contributed by atoms with Crippen LogP contribution in [0.5, 0.6) is 0 Å². The van der Waals surface area contributed by atoms with Gasteiger partial charge < -0.3 is 10.2 Å². The molecule has 0 heterocycles. The topological polar surface area (TPSA) is 49.4 Å². The van der Waals surface area contributed by atoms with Crippen molar-refractivity contribution in [2.45, 2.75) is 53.9 Å². The van der Waals surface area contributed by atoms with E-state index in [1.54, 1.807) is 11.8 Å². The standard InChI is InChI=1S/C19H36N2O2/c1-14(10-16(3)12-19(23)21(6)7)8-9-15(2)11-17(4)13-20-18(5)22/h8-9,14-17H,10-13H2,1-7H3,(H,20,22)/b9-8+/t14-,15-,16-,17-/m1/s1. The molecule has 134 valence electrons. The van der Waals surface area contributed by atoms with Gasteiger partial charge >= 0.3 is 0 Å². The van der Waals surface area contributed by atoms with Crippen LogP contribution in [0.25, 0.3) is 0 Å². The highest BCUT2D eigenvalue weighted by Crippen LogP contribution is 2.19. The van der Waals surface area contributed by atoms with E-state index in [0.717, 1.165) is 19.4 Å². The molecule has 2 amide bonds. The molecule has 0 bridgehead atoms. The number of amides is 2. The van der Waals surface area contributed by atoms with Crippen LogP contribution in [0.3, 0.4) is 0 Å². The van der Waals surface area contributed by atoms with Crippen molar-refractivity contribution < 1.29 is 9.59 Å². The molecule has 0 aromatic carbocycles. The molecule has 0 aromatic rings. The number of nitrogens with zero attached hydrogens (tertiary/aromatic N) is 1. The van der Waals surface area contributed by atoms with E-state index in [9.17, 15) is 9.59 Å². The van der Waals surface area contributed by atoms with Gasteiger partial charge in [-0.05, 0) is 36.5 Å². The summed E-state index contributed by atoms with van der Waals surface area (Å²) in [6.07, 6.45) is 7.26. The summed E-state index contributed by atoms with van der Waals surface area (Å²) in [5.74, 6) is 2.10. The molecule has 0 aliphatic carbocycles. The summed E-state index contributed by atoms with van der Waals surface area (Å²) in [5.41, 5.74) is 0. The first-order valence-corrected chi connectivity index (χ1v) is 8.74. The summed E-state index contributed by atoms with van der Waals surface area (Å²) in [6.45, 7) is 11.0. The molecule has 4 nitrogen and oxygen atoms in total. The molecule has 4 atom stereocenters. The first kappa shape index (κ1) is 21.7. The summed E-state index contributed by atoms with van der Waals surface area (Å²) in [5, 5.41) is 2.87. The second-order valence-electron chi connectivity index (χ2n) is 7.45. The van der Waals surface area contributed by atoms with E-state index in [1.165, 1.54) is 0 Å². The van der Waals surface area contributed by atoms with Crippen LogP contribution in [0.4, 0.5) is 0 Å². The van der Waals surface area contributed by atoms with Crippen molar-refractivity contribution in [3.63, 3.8) is 0 Å². The first-order chi connectivity index (χ1) is 10.6. The predicted octanol–water partition coefficient (Wildman–Crippen LogP) is 3.48. The van der Waals surface area contributed by atoms with Gasteiger partial charge in [0.15, 0.2) is 0 Å². The van der Waals surface area contributed by atoms with Gasteiger partial charge in [-0.3, -0.25) is 9.59 Å². The highest BCUT2D eigenvalue weighted by Gasteiger charge is 2.13. The predicted molar refractivity (Wildman–Crippen MR) is 97.0 cm³/mol. The average Bonchev–Trinajstić information content (AvgIpc) is 2.42. The van der Waals surface area contributed by atoms with Crippen LogP contribution in [0, 0.1) is 23.7 Å². The highest BCUT2D eigenvalue weighted by molar-refractivity contribution is 5.75. The quantitative estimate of drug-likeness (QED) is 0.625. The van der Waals surface area contributed by atoms with Crippen LogP contribution in [-0.2, 0) is 9.59 Å². The van der Waals surface area contributed by atoms with E-state index in [4.69, 9.17) is 0 Å². The Kier molecular flexibility index (Phi) is 10.6. The van der Waals surface area contributed by atoms with Gasteiger partial charge in [0.2, 0.25) is 11.8 Å². The van der Waals surface area contributed by atoms with Gasteiger partial charge in [-0.1, -0.05) is 39.8 Å². The zero-order valence-corrected chi connectivity index (χ0v) is 16.1. The number of carbonyl (C=O) groups excluding carboxylic acids is 2. The molecular formula is C19H36N2O2. The van der Waals surface area contributed by atoms with Crippen molar-refractivity contribution in [1.29, 1.82) is 0 Å². The molecule has 0 saturated heterocycles. The molecule has 4 heteroatoms. The van der Waals surface area contributed by atoms with Crippen molar-refractivity contribution in [3.05, 3.63) is 12.2 Å². The Bertz CT molecular complexity index is 391. The summed E-state index contributed by atoms with van der Waals surface area (Å²) < 4.78 is 0. The smallest absolute Gasteiger partial charge is 0.222 e. The van der Waals surface area contributed by atoms with Crippen molar-refractivity contribution >= 4 is 11.8 Å². The summed E-state index contributed by atoms with van der Waals surface area (Å²) in [4.78, 5) is 24.3. The van der Waals surface area contributed by atoms with Crippen LogP contribution in [0.15, 0.2) is 12.2 Å². The van der Waals surface area contributed by atoms with Gasteiger partial charge in [-0.15, -0.1) is 0 Å². The van der Waals surface area contributed by atoms with E-state index in [1.807, 2.05) is 14.1 Å². The highest BCUT2D eigenvalue weighted by atomic mass is 16.2. The minimum Gasteiger partial charge on any atom is -0.356 e. The first-order valence-electron chi connectivity index (χ1n) is 8.74. The molecule has 1 N–H and O–H groups in total. The minimum absolute atomic E-state index is 0.0370. The lowest BCUT2D eigenvalue weighted by atomic mass is 9.91. The summed E-state index contributed by atoms with van der Waals surface area (Å²) >= 11 is 0. The zero-order chi connectivity index (χ0) is 18.0. The number of rotatable bonds is 10. The van der Waals surface area contributed by atoms with E-state index in [2.05, 4.69) is 45.2 Å². The maximum absolute atomic E-state index is 11.7. The molecule has 0 aliphatic heterocycles. The number of hydrogen-bond donors (Lipinski definition) is 1. The van der Waals surface area contributed by atoms with Crippen LogP contribution in [0.2, 0.25) is 0 Å². The van der Waals surface area contributed by atoms with E-state index < -0.39 is 0 Å². The van der Waals surface area contributed by atoms with Crippen molar-refractivity contribution in [2.24, 2.45) is 23.7 Å². The Labute approximate surface area is 142 Å². The molecule has 0 aliphatic rings. The van der Waals surface area contributed by atoms with Gasteiger partial charge in [-0.2, -0.15) is 0 Å². The van der Waals surface area contributed by atoms with E-state index in [0.29, 0.717) is 30.1 Å². The summed E-state index contributed by atoms with van der Waals surface area (Å²) in [6, 6.07) is 0. The third kappa shape index (κ3) is 11.8. The Morgan fingerprint density at radius 3 is 1.87 bits per heavy atom. The van der Waals surface area contributed by atoms with Gasteiger partial charge in [0.25, 0.3) is 0 Å². The molecule has 0 saturated carbocycles. The number of carbonyl (C=O) groups is 2.